The summed E-state index contributed by atoms with van der Waals surface area (Å²) in [6.45, 7) is 2.45. The van der Waals surface area contributed by atoms with Crippen molar-refractivity contribution in [3.8, 4) is 0 Å². The summed E-state index contributed by atoms with van der Waals surface area (Å²) in [5.41, 5.74) is 0.845. The number of amides is 2. The van der Waals surface area contributed by atoms with Crippen LogP contribution in [0.4, 0.5) is 9.93 Å². The van der Waals surface area contributed by atoms with E-state index >= 15 is 0 Å². The highest BCUT2D eigenvalue weighted by Gasteiger charge is 2.09. The third-order valence-corrected chi connectivity index (χ3v) is 3.94. The predicted molar refractivity (Wildman–Crippen MR) is 86.9 cm³/mol. The van der Waals surface area contributed by atoms with Gasteiger partial charge in [0.05, 0.1) is 6.10 Å². The lowest BCUT2D eigenvalue weighted by Crippen LogP contribution is -2.30. The second-order valence-electron chi connectivity index (χ2n) is 4.85. The van der Waals surface area contributed by atoms with Crippen LogP contribution in [0.3, 0.4) is 0 Å². The Kier molecular flexibility index (Phi) is 6.29. The molecule has 0 saturated carbocycles. The van der Waals surface area contributed by atoms with Crippen molar-refractivity contribution in [3.05, 3.63) is 40.9 Å². The summed E-state index contributed by atoms with van der Waals surface area (Å²) < 4.78 is 0. The molecule has 1 atom stereocenters. The summed E-state index contributed by atoms with van der Waals surface area (Å²) in [7, 11) is 0. The average Bonchev–Trinajstić information content (AvgIpc) is 2.95. The number of hydrogen-bond acceptors (Lipinski definition) is 5. The van der Waals surface area contributed by atoms with Crippen molar-refractivity contribution in [2.24, 2.45) is 0 Å². The monoisotopic (exact) mass is 320 g/mol. The Morgan fingerprint density at radius 2 is 2.09 bits per heavy atom. The molecule has 0 aliphatic rings. The van der Waals surface area contributed by atoms with Crippen LogP contribution in [0.1, 0.15) is 36.4 Å². The van der Waals surface area contributed by atoms with E-state index in [1.165, 1.54) is 11.3 Å². The zero-order valence-corrected chi connectivity index (χ0v) is 13.3. The van der Waals surface area contributed by atoms with E-state index in [-0.39, 0.29) is 6.03 Å². The van der Waals surface area contributed by atoms with Crippen LogP contribution in [0.2, 0.25) is 0 Å². The van der Waals surface area contributed by atoms with E-state index in [1.54, 1.807) is 0 Å². The van der Waals surface area contributed by atoms with Gasteiger partial charge in [0.15, 0.2) is 0 Å². The number of aliphatic hydroxyl groups excluding tert-OH is 1. The van der Waals surface area contributed by atoms with E-state index in [0.29, 0.717) is 18.1 Å². The lowest BCUT2D eigenvalue weighted by molar-refractivity contribution is 0.167. The first-order valence-electron chi connectivity index (χ1n) is 7.29. The van der Waals surface area contributed by atoms with Crippen molar-refractivity contribution in [2.45, 2.75) is 32.3 Å². The van der Waals surface area contributed by atoms with E-state index < -0.39 is 6.10 Å². The van der Waals surface area contributed by atoms with Gasteiger partial charge in [0.25, 0.3) is 0 Å². The number of aromatic nitrogens is 2. The molecule has 1 unspecified atom stereocenters. The van der Waals surface area contributed by atoms with Gasteiger partial charge in [-0.05, 0) is 18.4 Å². The van der Waals surface area contributed by atoms with Crippen LogP contribution >= 0.6 is 11.3 Å². The van der Waals surface area contributed by atoms with E-state index in [1.807, 2.05) is 30.3 Å². The number of urea groups is 1. The van der Waals surface area contributed by atoms with Gasteiger partial charge in [0.1, 0.15) is 5.01 Å². The van der Waals surface area contributed by atoms with E-state index in [4.69, 9.17) is 0 Å². The lowest BCUT2D eigenvalue weighted by atomic mass is 10.1. The zero-order chi connectivity index (χ0) is 15.8. The Labute approximate surface area is 133 Å². The average molecular weight is 320 g/mol. The molecule has 0 bridgehead atoms. The molecule has 0 radical (unpaired) electrons. The molecular formula is C15H20N4O2S. The molecule has 0 spiro atoms. The number of anilines is 1. The quantitative estimate of drug-likeness (QED) is 0.732. The van der Waals surface area contributed by atoms with Gasteiger partial charge in [0.2, 0.25) is 5.13 Å². The Balaban J connectivity index is 1.71. The van der Waals surface area contributed by atoms with Crippen molar-refractivity contribution in [1.29, 1.82) is 0 Å². The Morgan fingerprint density at radius 1 is 1.32 bits per heavy atom. The van der Waals surface area contributed by atoms with Gasteiger partial charge in [0, 0.05) is 13.0 Å². The van der Waals surface area contributed by atoms with Crippen molar-refractivity contribution in [3.63, 3.8) is 0 Å². The lowest BCUT2D eigenvalue weighted by Gasteiger charge is -2.11. The maximum atomic E-state index is 11.7. The maximum Gasteiger partial charge on any atom is 0.321 e. The summed E-state index contributed by atoms with van der Waals surface area (Å²) in [6.07, 6.45) is 1.73. The molecule has 3 N–H and O–H groups in total. The number of carbonyl (C=O) groups is 1. The summed E-state index contributed by atoms with van der Waals surface area (Å²) in [4.78, 5) is 11.7. The number of aliphatic hydroxyl groups is 1. The molecule has 0 fully saturated rings. The second kappa shape index (κ2) is 8.45. The number of hydrogen-bond donors (Lipinski definition) is 3. The molecule has 2 aromatic rings. The molecule has 1 aromatic heterocycles. The van der Waals surface area contributed by atoms with Crippen LogP contribution in [0.25, 0.3) is 0 Å². The number of aryl methyl sites for hydroxylation is 1. The zero-order valence-electron chi connectivity index (χ0n) is 12.5. The number of rotatable bonds is 7. The third kappa shape index (κ3) is 5.09. The Bertz CT molecular complexity index is 588. The summed E-state index contributed by atoms with van der Waals surface area (Å²) in [5.74, 6) is 0. The van der Waals surface area contributed by atoms with Gasteiger partial charge >= 0.3 is 6.03 Å². The first kappa shape index (κ1) is 16.4. The van der Waals surface area contributed by atoms with Crippen LogP contribution in [0, 0.1) is 0 Å². The van der Waals surface area contributed by atoms with Gasteiger partial charge in [-0.25, -0.2) is 4.79 Å². The van der Waals surface area contributed by atoms with Crippen LogP contribution in [-0.2, 0) is 6.42 Å². The maximum absolute atomic E-state index is 11.7. The fraction of sp³-hybridized carbons (Fsp3) is 0.400. The molecule has 0 saturated heterocycles. The van der Waals surface area contributed by atoms with Crippen LogP contribution in [0.15, 0.2) is 30.3 Å². The number of carbonyl (C=O) groups excluding carboxylic acids is 1. The first-order chi connectivity index (χ1) is 10.7. The van der Waals surface area contributed by atoms with Crippen molar-refractivity contribution in [1.82, 2.24) is 15.5 Å². The minimum atomic E-state index is -0.584. The molecule has 1 heterocycles. The minimum Gasteiger partial charge on any atom is -0.388 e. The molecular weight excluding hydrogens is 300 g/mol. The van der Waals surface area contributed by atoms with Crippen LogP contribution in [-0.4, -0.2) is 27.9 Å². The number of nitrogens with one attached hydrogen (secondary N) is 2. The molecule has 1 aromatic carbocycles. The molecule has 7 heteroatoms. The Hall–Kier alpha value is -1.99. The SMILES string of the molecule is CCCc1nnc(NC(=O)NCCC(O)c2ccccc2)s1. The van der Waals surface area contributed by atoms with Gasteiger partial charge in [-0.15, -0.1) is 10.2 Å². The minimum absolute atomic E-state index is 0.334. The summed E-state index contributed by atoms with van der Waals surface area (Å²) in [6, 6.07) is 9.04. The van der Waals surface area contributed by atoms with E-state index in [9.17, 15) is 9.90 Å². The first-order valence-corrected chi connectivity index (χ1v) is 8.11. The topological polar surface area (TPSA) is 87.1 Å². The molecule has 118 valence electrons. The number of nitrogens with zero attached hydrogens (tertiary/aromatic N) is 2. The normalized spacial score (nSPS) is 11.9. The molecule has 6 nitrogen and oxygen atoms in total. The molecule has 0 aliphatic heterocycles. The molecule has 22 heavy (non-hydrogen) atoms. The highest BCUT2D eigenvalue weighted by Crippen LogP contribution is 2.17. The van der Waals surface area contributed by atoms with Crippen LogP contribution < -0.4 is 10.6 Å². The number of benzene rings is 1. The second-order valence-corrected chi connectivity index (χ2v) is 5.91. The van der Waals surface area contributed by atoms with Crippen molar-refractivity contribution in [2.75, 3.05) is 11.9 Å². The highest BCUT2D eigenvalue weighted by molar-refractivity contribution is 7.15. The molecule has 2 rings (SSSR count). The standard InChI is InChI=1S/C15H20N4O2S/c1-2-6-13-18-19-15(22-13)17-14(21)16-10-9-12(20)11-7-4-3-5-8-11/h3-5,7-8,12,20H,2,6,9-10H2,1H3,(H2,16,17,19,21). The smallest absolute Gasteiger partial charge is 0.321 e. The summed E-state index contributed by atoms with van der Waals surface area (Å²) in [5, 5.41) is 24.7. The highest BCUT2D eigenvalue weighted by atomic mass is 32.1. The largest absolute Gasteiger partial charge is 0.388 e. The Morgan fingerprint density at radius 3 is 2.82 bits per heavy atom. The fourth-order valence-corrected chi connectivity index (χ4v) is 2.76. The third-order valence-electron chi connectivity index (χ3n) is 3.04. The predicted octanol–water partition coefficient (Wildman–Crippen LogP) is 2.74. The van der Waals surface area contributed by atoms with Gasteiger partial charge in [-0.2, -0.15) is 0 Å². The van der Waals surface area contributed by atoms with Gasteiger partial charge in [-0.3, -0.25) is 5.32 Å². The van der Waals surface area contributed by atoms with Crippen molar-refractivity contribution >= 4 is 22.5 Å². The van der Waals surface area contributed by atoms with Crippen molar-refractivity contribution < 1.29 is 9.90 Å². The van der Waals surface area contributed by atoms with Gasteiger partial charge < -0.3 is 10.4 Å². The van der Waals surface area contributed by atoms with Gasteiger partial charge in [-0.1, -0.05) is 48.6 Å². The van der Waals surface area contributed by atoms with E-state index in [0.717, 1.165) is 23.4 Å². The summed E-state index contributed by atoms with van der Waals surface area (Å²) >= 11 is 1.38. The fourth-order valence-electron chi connectivity index (χ4n) is 1.92. The van der Waals surface area contributed by atoms with Crippen LogP contribution in [0.5, 0.6) is 0 Å². The molecule has 0 aliphatic carbocycles. The van der Waals surface area contributed by atoms with E-state index in [2.05, 4.69) is 27.8 Å². The molecule has 2 amide bonds.